The summed E-state index contributed by atoms with van der Waals surface area (Å²) in [5.74, 6) is 1.79. The van der Waals surface area contributed by atoms with E-state index >= 15 is 0 Å². The number of aromatic nitrogens is 2. The van der Waals surface area contributed by atoms with E-state index in [0.29, 0.717) is 13.1 Å². The van der Waals surface area contributed by atoms with Crippen LogP contribution >= 0.6 is 35.3 Å². The van der Waals surface area contributed by atoms with Gasteiger partial charge in [-0.25, -0.2) is 15.0 Å². The summed E-state index contributed by atoms with van der Waals surface area (Å²) in [6.07, 6.45) is 3.74. The number of hydrogen-bond acceptors (Lipinski definition) is 6. The summed E-state index contributed by atoms with van der Waals surface area (Å²) in [6, 6.07) is 4.06. The molecule has 0 bridgehead atoms. The number of nitrogens with one attached hydrogen (secondary N) is 2. The molecule has 2 aromatic rings. The molecule has 0 amide bonds. The highest BCUT2D eigenvalue weighted by Crippen LogP contribution is 2.19. The van der Waals surface area contributed by atoms with Crippen LogP contribution in [0.5, 0.6) is 0 Å². The molecule has 27 heavy (non-hydrogen) atoms. The lowest BCUT2D eigenvalue weighted by atomic mass is 10.2. The highest BCUT2D eigenvalue weighted by molar-refractivity contribution is 14.0. The van der Waals surface area contributed by atoms with E-state index in [2.05, 4.69) is 45.4 Å². The molecule has 9 heteroatoms. The van der Waals surface area contributed by atoms with E-state index in [1.54, 1.807) is 11.3 Å². The number of thiazole rings is 1. The van der Waals surface area contributed by atoms with Crippen molar-refractivity contribution in [3.05, 3.63) is 40.0 Å². The van der Waals surface area contributed by atoms with Crippen molar-refractivity contribution >= 4 is 47.1 Å². The number of anilines is 1. The van der Waals surface area contributed by atoms with Crippen molar-refractivity contribution in [3.8, 4) is 0 Å². The third-order valence-corrected chi connectivity index (χ3v) is 4.92. The van der Waals surface area contributed by atoms with Gasteiger partial charge in [-0.3, -0.25) is 0 Å². The van der Waals surface area contributed by atoms with Crippen LogP contribution in [-0.2, 0) is 17.8 Å². The van der Waals surface area contributed by atoms with Crippen molar-refractivity contribution in [2.75, 3.05) is 37.7 Å². The monoisotopic (exact) mass is 502 g/mol. The summed E-state index contributed by atoms with van der Waals surface area (Å²) in [5, 5.41) is 7.70. The minimum absolute atomic E-state index is 0. The van der Waals surface area contributed by atoms with Crippen molar-refractivity contribution in [2.45, 2.75) is 26.9 Å². The Morgan fingerprint density at radius 3 is 2.81 bits per heavy atom. The second-order valence-electron chi connectivity index (χ2n) is 6.00. The van der Waals surface area contributed by atoms with Gasteiger partial charge in [0.15, 0.2) is 5.96 Å². The number of aryl methyl sites for hydroxylation is 1. The molecule has 148 valence electrons. The SMILES string of the molecule is CCNC(=NCc1cccnc1N1CCOCC1)NCc1ncc(C)s1.I. The van der Waals surface area contributed by atoms with Gasteiger partial charge in [-0.15, -0.1) is 35.3 Å². The van der Waals surface area contributed by atoms with E-state index in [1.807, 2.05) is 18.5 Å². The Morgan fingerprint density at radius 2 is 2.11 bits per heavy atom. The van der Waals surface area contributed by atoms with E-state index in [1.165, 1.54) is 4.88 Å². The average Bonchev–Trinajstić information content (AvgIpc) is 3.10. The molecule has 0 saturated carbocycles. The molecule has 0 aliphatic carbocycles. The van der Waals surface area contributed by atoms with E-state index in [-0.39, 0.29) is 24.0 Å². The second kappa shape index (κ2) is 11.4. The Morgan fingerprint density at radius 1 is 1.30 bits per heavy atom. The van der Waals surface area contributed by atoms with Gasteiger partial charge in [0.1, 0.15) is 10.8 Å². The van der Waals surface area contributed by atoms with Crippen LogP contribution in [0.3, 0.4) is 0 Å². The minimum Gasteiger partial charge on any atom is -0.378 e. The van der Waals surface area contributed by atoms with Crippen LogP contribution in [0.15, 0.2) is 29.5 Å². The number of guanidine groups is 1. The third kappa shape index (κ3) is 6.58. The number of aliphatic imine (C=N–C) groups is 1. The molecule has 3 rings (SSSR count). The number of halogens is 1. The third-order valence-electron chi connectivity index (χ3n) is 4.01. The molecular formula is C18H27IN6OS. The van der Waals surface area contributed by atoms with Crippen molar-refractivity contribution in [2.24, 2.45) is 4.99 Å². The molecule has 0 atom stereocenters. The molecule has 1 aliphatic rings. The normalized spacial score (nSPS) is 14.6. The fourth-order valence-corrected chi connectivity index (χ4v) is 3.49. The Hall–Kier alpha value is -1.46. The smallest absolute Gasteiger partial charge is 0.191 e. The van der Waals surface area contributed by atoms with E-state index in [9.17, 15) is 0 Å². The lowest BCUT2D eigenvalue weighted by Gasteiger charge is -2.29. The minimum atomic E-state index is 0. The van der Waals surface area contributed by atoms with Crippen LogP contribution in [0.4, 0.5) is 5.82 Å². The number of pyridine rings is 1. The summed E-state index contributed by atoms with van der Waals surface area (Å²) >= 11 is 1.70. The summed E-state index contributed by atoms with van der Waals surface area (Å²) < 4.78 is 5.44. The number of hydrogen-bond donors (Lipinski definition) is 2. The van der Waals surface area contributed by atoms with Gasteiger partial charge < -0.3 is 20.3 Å². The van der Waals surface area contributed by atoms with E-state index in [0.717, 1.165) is 55.2 Å². The van der Waals surface area contributed by atoms with Crippen LogP contribution < -0.4 is 15.5 Å². The summed E-state index contributed by atoms with van der Waals surface area (Å²) in [6.45, 7) is 9.43. The van der Waals surface area contributed by atoms with Crippen molar-refractivity contribution in [3.63, 3.8) is 0 Å². The van der Waals surface area contributed by atoms with Crippen molar-refractivity contribution in [1.29, 1.82) is 0 Å². The lowest BCUT2D eigenvalue weighted by molar-refractivity contribution is 0.122. The number of rotatable bonds is 6. The highest BCUT2D eigenvalue weighted by Gasteiger charge is 2.15. The first kappa shape index (κ1) is 21.8. The lowest BCUT2D eigenvalue weighted by Crippen LogP contribution is -2.38. The molecule has 1 saturated heterocycles. The zero-order chi connectivity index (χ0) is 18.2. The molecule has 7 nitrogen and oxygen atoms in total. The van der Waals surface area contributed by atoms with Gasteiger partial charge in [0, 0.05) is 42.5 Å². The van der Waals surface area contributed by atoms with Gasteiger partial charge in [0.25, 0.3) is 0 Å². The summed E-state index contributed by atoms with van der Waals surface area (Å²) in [7, 11) is 0. The largest absolute Gasteiger partial charge is 0.378 e. The van der Waals surface area contributed by atoms with Crippen LogP contribution in [0, 0.1) is 6.92 Å². The molecule has 0 spiro atoms. The van der Waals surface area contributed by atoms with Crippen LogP contribution in [0.1, 0.15) is 22.4 Å². The molecule has 3 heterocycles. The second-order valence-corrected chi connectivity index (χ2v) is 7.32. The van der Waals surface area contributed by atoms with Gasteiger partial charge in [-0.1, -0.05) is 6.07 Å². The first-order valence-electron chi connectivity index (χ1n) is 8.96. The van der Waals surface area contributed by atoms with Gasteiger partial charge in [0.05, 0.1) is 26.3 Å². The molecule has 2 N–H and O–H groups in total. The maximum Gasteiger partial charge on any atom is 0.191 e. The zero-order valence-corrected chi connectivity index (χ0v) is 18.9. The Bertz CT molecular complexity index is 732. The molecule has 0 radical (unpaired) electrons. The maximum absolute atomic E-state index is 5.44. The van der Waals surface area contributed by atoms with Crippen LogP contribution in [0.2, 0.25) is 0 Å². The number of morpholine rings is 1. The quantitative estimate of drug-likeness (QED) is 0.360. The van der Waals surface area contributed by atoms with Gasteiger partial charge >= 0.3 is 0 Å². The maximum atomic E-state index is 5.44. The first-order valence-corrected chi connectivity index (χ1v) is 9.78. The predicted octanol–water partition coefficient (Wildman–Crippen LogP) is 2.56. The molecular weight excluding hydrogens is 475 g/mol. The Balaban J connectivity index is 0.00000261. The standard InChI is InChI=1S/C18H26N6OS.HI/c1-3-19-18(23-13-16-21-11-14(2)26-16)22-12-15-5-4-6-20-17(15)24-7-9-25-10-8-24;/h4-6,11H,3,7-10,12-13H2,1-2H3,(H2,19,22,23);1H. The Labute approximate surface area is 181 Å². The van der Waals surface area contributed by atoms with E-state index in [4.69, 9.17) is 9.73 Å². The van der Waals surface area contributed by atoms with Crippen LogP contribution in [0.25, 0.3) is 0 Å². The molecule has 0 unspecified atom stereocenters. The highest BCUT2D eigenvalue weighted by atomic mass is 127. The predicted molar refractivity (Wildman–Crippen MR) is 121 cm³/mol. The van der Waals surface area contributed by atoms with E-state index < -0.39 is 0 Å². The molecule has 0 aromatic carbocycles. The fourth-order valence-electron chi connectivity index (χ4n) is 2.76. The van der Waals surface area contributed by atoms with Gasteiger partial charge in [-0.05, 0) is 19.9 Å². The van der Waals surface area contributed by atoms with Crippen molar-refractivity contribution in [1.82, 2.24) is 20.6 Å². The topological polar surface area (TPSA) is 74.7 Å². The first-order chi connectivity index (χ1) is 12.8. The van der Waals surface area contributed by atoms with Gasteiger partial charge in [0.2, 0.25) is 0 Å². The zero-order valence-electron chi connectivity index (χ0n) is 15.8. The summed E-state index contributed by atoms with van der Waals surface area (Å²) in [4.78, 5) is 17.2. The fraction of sp³-hybridized carbons (Fsp3) is 0.500. The average molecular weight is 502 g/mol. The molecule has 1 fully saturated rings. The number of nitrogens with zero attached hydrogens (tertiary/aromatic N) is 4. The van der Waals surface area contributed by atoms with Crippen LogP contribution in [-0.4, -0.2) is 48.8 Å². The number of ether oxygens (including phenoxy) is 1. The summed E-state index contributed by atoms with van der Waals surface area (Å²) in [5.41, 5.74) is 1.12. The molecule has 1 aliphatic heterocycles. The van der Waals surface area contributed by atoms with Crippen molar-refractivity contribution < 1.29 is 4.74 Å². The Kier molecular flexibility index (Phi) is 9.22. The van der Waals surface area contributed by atoms with Gasteiger partial charge in [-0.2, -0.15) is 0 Å². The molecule has 2 aromatic heterocycles.